The lowest BCUT2D eigenvalue weighted by Crippen LogP contribution is -2.33. The molecule has 154 valence electrons. The fourth-order valence-electron chi connectivity index (χ4n) is 3.07. The van der Waals surface area contributed by atoms with Crippen LogP contribution in [0.4, 0.5) is 0 Å². The summed E-state index contributed by atoms with van der Waals surface area (Å²) >= 11 is 3.19. The standard InChI is InChI=1S/C17H28N8OS2/c1-13-5-9-24(10-6-13)12-15-20-22-23-25(15)8-3-4-16(26)18-7-11-27-17-21-19-14(2)28-17/h13H,3-12H2,1-2H3,(H,18,26). The van der Waals surface area contributed by atoms with Gasteiger partial charge in [0.2, 0.25) is 5.91 Å². The lowest BCUT2D eigenvalue weighted by atomic mass is 9.99. The van der Waals surface area contributed by atoms with Gasteiger partial charge in [0, 0.05) is 25.3 Å². The highest BCUT2D eigenvalue weighted by atomic mass is 32.2. The van der Waals surface area contributed by atoms with Gasteiger partial charge in [-0.05, 0) is 55.6 Å². The van der Waals surface area contributed by atoms with Gasteiger partial charge < -0.3 is 5.32 Å². The summed E-state index contributed by atoms with van der Waals surface area (Å²) in [4.78, 5) is 14.4. The average molecular weight is 425 g/mol. The van der Waals surface area contributed by atoms with Crippen molar-refractivity contribution >= 4 is 29.0 Å². The molecule has 11 heteroatoms. The maximum Gasteiger partial charge on any atom is 0.220 e. The van der Waals surface area contributed by atoms with E-state index in [1.807, 2.05) is 11.6 Å². The van der Waals surface area contributed by atoms with Gasteiger partial charge in [0.05, 0.1) is 6.54 Å². The van der Waals surface area contributed by atoms with Crippen molar-refractivity contribution in [1.29, 1.82) is 0 Å². The molecule has 28 heavy (non-hydrogen) atoms. The molecule has 0 saturated carbocycles. The van der Waals surface area contributed by atoms with Crippen LogP contribution in [0.1, 0.15) is 43.4 Å². The van der Waals surface area contributed by atoms with Crippen LogP contribution in [0, 0.1) is 12.8 Å². The van der Waals surface area contributed by atoms with Gasteiger partial charge >= 0.3 is 0 Å². The molecule has 1 fully saturated rings. The number of aryl methyl sites for hydroxylation is 2. The van der Waals surface area contributed by atoms with Gasteiger partial charge in [-0.25, -0.2) is 4.68 Å². The monoisotopic (exact) mass is 424 g/mol. The van der Waals surface area contributed by atoms with Crippen LogP contribution >= 0.6 is 23.1 Å². The van der Waals surface area contributed by atoms with Crippen LogP contribution in [0.15, 0.2) is 4.34 Å². The molecule has 0 aromatic carbocycles. The van der Waals surface area contributed by atoms with Crippen LogP contribution in [-0.2, 0) is 17.9 Å². The predicted octanol–water partition coefficient (Wildman–Crippen LogP) is 1.75. The summed E-state index contributed by atoms with van der Waals surface area (Å²) in [6.07, 6.45) is 3.67. The minimum Gasteiger partial charge on any atom is -0.355 e. The van der Waals surface area contributed by atoms with Crippen LogP contribution in [0.25, 0.3) is 0 Å². The lowest BCUT2D eigenvalue weighted by molar-refractivity contribution is -0.121. The molecule has 0 spiro atoms. The molecule has 9 nitrogen and oxygen atoms in total. The third kappa shape index (κ3) is 6.78. The van der Waals surface area contributed by atoms with Crippen molar-refractivity contribution in [1.82, 2.24) is 40.6 Å². The summed E-state index contributed by atoms with van der Waals surface area (Å²) in [5, 5.41) is 24.0. The normalized spacial score (nSPS) is 15.8. The van der Waals surface area contributed by atoms with Crippen LogP contribution in [0.5, 0.6) is 0 Å². The number of tetrazole rings is 1. The molecule has 1 aliphatic heterocycles. The molecule has 2 aromatic rings. The van der Waals surface area contributed by atoms with E-state index in [2.05, 4.69) is 42.9 Å². The molecule has 0 unspecified atom stereocenters. The van der Waals surface area contributed by atoms with Gasteiger partial charge in [0.1, 0.15) is 5.01 Å². The highest BCUT2D eigenvalue weighted by Crippen LogP contribution is 2.21. The van der Waals surface area contributed by atoms with E-state index < -0.39 is 0 Å². The SMILES string of the molecule is Cc1nnc(SCCNC(=O)CCCn2nnnc2CN2CCC(C)CC2)s1. The summed E-state index contributed by atoms with van der Waals surface area (Å²) in [5.74, 6) is 2.56. The number of amides is 1. The van der Waals surface area contributed by atoms with E-state index in [0.29, 0.717) is 19.5 Å². The van der Waals surface area contributed by atoms with E-state index in [1.54, 1.807) is 23.1 Å². The number of hydrogen-bond donors (Lipinski definition) is 1. The average Bonchev–Trinajstić information content (AvgIpc) is 3.29. The van der Waals surface area contributed by atoms with Gasteiger partial charge in [-0.3, -0.25) is 9.69 Å². The number of carbonyl (C=O) groups excluding carboxylic acids is 1. The molecule has 1 aliphatic rings. The second kappa shape index (κ2) is 10.8. The van der Waals surface area contributed by atoms with Crippen molar-refractivity contribution in [3.8, 4) is 0 Å². The molecule has 0 aliphatic carbocycles. The number of carbonyl (C=O) groups is 1. The molecule has 0 atom stereocenters. The first-order valence-electron chi connectivity index (χ1n) is 9.77. The Morgan fingerprint density at radius 3 is 2.86 bits per heavy atom. The van der Waals surface area contributed by atoms with Crippen molar-refractivity contribution in [2.24, 2.45) is 5.92 Å². The zero-order valence-corrected chi connectivity index (χ0v) is 18.1. The quantitative estimate of drug-likeness (QED) is 0.455. The van der Waals surface area contributed by atoms with E-state index in [4.69, 9.17) is 0 Å². The minimum absolute atomic E-state index is 0.0636. The third-order valence-electron chi connectivity index (χ3n) is 4.78. The molecule has 1 saturated heterocycles. The Kier molecular flexibility index (Phi) is 8.16. The Balaban J connectivity index is 1.30. The lowest BCUT2D eigenvalue weighted by Gasteiger charge is -2.29. The molecule has 1 N–H and O–H groups in total. The number of hydrogen-bond acceptors (Lipinski definition) is 9. The van der Waals surface area contributed by atoms with Gasteiger partial charge in [-0.1, -0.05) is 30.0 Å². The first kappa shape index (κ1) is 21.1. The third-order valence-corrected chi connectivity index (χ3v) is 6.75. The van der Waals surface area contributed by atoms with Crippen LogP contribution in [-0.4, -0.2) is 66.6 Å². The van der Waals surface area contributed by atoms with Gasteiger partial charge in [0.25, 0.3) is 0 Å². The highest BCUT2D eigenvalue weighted by molar-refractivity contribution is 8.01. The molecule has 2 aromatic heterocycles. The highest BCUT2D eigenvalue weighted by Gasteiger charge is 2.18. The molecular formula is C17H28N8OS2. The zero-order chi connectivity index (χ0) is 19.8. The van der Waals surface area contributed by atoms with Crippen LogP contribution in [0.3, 0.4) is 0 Å². The Morgan fingerprint density at radius 2 is 2.11 bits per heavy atom. The van der Waals surface area contributed by atoms with Crippen molar-refractivity contribution in [3.63, 3.8) is 0 Å². The first-order chi connectivity index (χ1) is 13.6. The summed E-state index contributed by atoms with van der Waals surface area (Å²) in [6, 6.07) is 0. The number of piperidine rings is 1. The number of nitrogens with zero attached hydrogens (tertiary/aromatic N) is 7. The van der Waals surface area contributed by atoms with Crippen LogP contribution < -0.4 is 5.32 Å². The van der Waals surface area contributed by atoms with Crippen molar-refractivity contribution < 1.29 is 4.79 Å². The van der Waals surface area contributed by atoms with E-state index in [9.17, 15) is 4.79 Å². The largest absolute Gasteiger partial charge is 0.355 e. The van der Waals surface area contributed by atoms with Crippen molar-refractivity contribution in [2.75, 3.05) is 25.4 Å². The Hall–Kier alpha value is -1.59. The smallest absolute Gasteiger partial charge is 0.220 e. The molecule has 0 bridgehead atoms. The summed E-state index contributed by atoms with van der Waals surface area (Å²) in [5.41, 5.74) is 0. The van der Waals surface area contributed by atoms with Crippen molar-refractivity contribution in [3.05, 3.63) is 10.8 Å². The van der Waals surface area contributed by atoms with E-state index >= 15 is 0 Å². The van der Waals surface area contributed by atoms with Gasteiger partial charge in [-0.2, -0.15) is 0 Å². The Labute approximate surface area is 173 Å². The maximum absolute atomic E-state index is 12.0. The van der Waals surface area contributed by atoms with Gasteiger partial charge in [-0.15, -0.1) is 15.3 Å². The maximum atomic E-state index is 12.0. The van der Waals surface area contributed by atoms with Crippen LogP contribution in [0.2, 0.25) is 0 Å². The number of thioether (sulfide) groups is 1. The number of nitrogens with one attached hydrogen (secondary N) is 1. The number of rotatable bonds is 10. The summed E-state index contributed by atoms with van der Waals surface area (Å²) in [6.45, 7) is 8.53. The Morgan fingerprint density at radius 1 is 1.29 bits per heavy atom. The molecule has 3 heterocycles. The molecule has 3 rings (SSSR count). The van der Waals surface area contributed by atoms with Gasteiger partial charge in [0.15, 0.2) is 10.2 Å². The fourth-order valence-corrected chi connectivity index (χ4v) is 4.81. The molecule has 1 amide bonds. The second-order valence-corrected chi connectivity index (χ2v) is 9.69. The fraction of sp³-hybridized carbons (Fsp3) is 0.765. The van der Waals surface area contributed by atoms with E-state index in [0.717, 1.165) is 52.9 Å². The number of aromatic nitrogens is 6. The molecule has 0 radical (unpaired) electrons. The zero-order valence-electron chi connectivity index (χ0n) is 16.5. The van der Waals surface area contributed by atoms with E-state index in [1.165, 1.54) is 12.8 Å². The summed E-state index contributed by atoms with van der Waals surface area (Å²) in [7, 11) is 0. The second-order valence-electron chi connectivity index (χ2n) is 7.17. The van der Waals surface area contributed by atoms with E-state index in [-0.39, 0.29) is 5.91 Å². The summed E-state index contributed by atoms with van der Waals surface area (Å²) < 4.78 is 2.78. The van der Waals surface area contributed by atoms with Crippen molar-refractivity contribution in [2.45, 2.75) is 57.0 Å². The topological polar surface area (TPSA) is 102 Å². The predicted molar refractivity (Wildman–Crippen MR) is 109 cm³/mol. The first-order valence-corrected chi connectivity index (χ1v) is 11.6. The number of likely N-dealkylation sites (tertiary alicyclic amines) is 1. The minimum atomic E-state index is 0.0636. The Bertz CT molecular complexity index is 741. The molecular weight excluding hydrogens is 396 g/mol.